The Bertz CT molecular complexity index is 725. The van der Waals surface area contributed by atoms with Crippen molar-refractivity contribution in [3.63, 3.8) is 0 Å². The number of rotatable bonds is 8. The van der Waals surface area contributed by atoms with Crippen molar-refractivity contribution in [3.05, 3.63) is 0 Å². The molecule has 200 valence electrons. The van der Waals surface area contributed by atoms with Crippen LogP contribution in [0.2, 0.25) is 0 Å². The molecule has 0 radical (unpaired) electrons. The highest BCUT2D eigenvalue weighted by atomic mass is 35.6. The predicted molar refractivity (Wildman–Crippen MR) is 70.0 cm³/mol. The van der Waals surface area contributed by atoms with Gasteiger partial charge in [0.2, 0.25) is 0 Å². The fourth-order valence-corrected chi connectivity index (χ4v) is 3.37. The molecule has 0 unspecified atom stereocenters. The van der Waals surface area contributed by atoms with Crippen LogP contribution in [0.1, 0.15) is 0 Å². The highest BCUT2D eigenvalue weighted by Crippen LogP contribution is 2.65. The van der Waals surface area contributed by atoms with Gasteiger partial charge in [0.1, 0.15) is 0 Å². The maximum atomic E-state index is 13.4. The molecule has 0 bridgehead atoms. The van der Waals surface area contributed by atoms with Crippen molar-refractivity contribution < 1.29 is 87.3 Å². The summed E-state index contributed by atoms with van der Waals surface area (Å²) in [5, 5.41) is 0. The first-order valence-electron chi connectivity index (χ1n) is 6.57. The summed E-state index contributed by atoms with van der Waals surface area (Å²) in [6, 6.07) is 0. The summed E-state index contributed by atoms with van der Waals surface area (Å²) < 4.78 is 244. The van der Waals surface area contributed by atoms with Crippen molar-refractivity contribution >= 4 is 43.8 Å². The third kappa shape index (κ3) is 4.64. The van der Waals surface area contributed by atoms with Gasteiger partial charge < -0.3 is 4.43 Å². The van der Waals surface area contributed by atoms with Crippen LogP contribution in [0.4, 0.5) is 82.9 Å². The predicted octanol–water partition coefficient (Wildman–Crippen LogP) is 7.76. The van der Waals surface area contributed by atoms with E-state index >= 15 is 0 Å². The van der Waals surface area contributed by atoms with Crippen molar-refractivity contribution in [1.82, 2.24) is 0 Å². The van der Waals surface area contributed by atoms with Crippen LogP contribution >= 0.6 is 34.8 Å². The van der Waals surface area contributed by atoms with Gasteiger partial charge in [0.05, 0.1) is 0 Å². The molecule has 0 amide bonds. The van der Waals surface area contributed by atoms with E-state index < -0.39 is 60.2 Å². The van der Waals surface area contributed by atoms with Crippen molar-refractivity contribution in [1.29, 1.82) is 0 Å². The molecule has 0 atom stereocenters. The zero-order valence-corrected chi connectivity index (χ0v) is 17.0. The maximum absolute atomic E-state index is 13.4. The van der Waals surface area contributed by atoms with Crippen molar-refractivity contribution in [2.24, 2.45) is 0 Å². The summed E-state index contributed by atoms with van der Waals surface area (Å²) in [6.07, 6.45) is -7.93. The molecule has 0 saturated carbocycles. The first kappa shape index (κ1) is 32.7. The van der Waals surface area contributed by atoms with E-state index in [1.807, 2.05) is 0 Å². The molecule has 0 aromatic heterocycles. The second kappa shape index (κ2) is 8.12. The Hall–Kier alpha value is -0.283. The third-order valence-corrected chi connectivity index (χ3v) is 5.56. The quantitative estimate of drug-likeness (QED) is 0.117. The number of halogens is 22. The van der Waals surface area contributed by atoms with Crippen LogP contribution in [-0.4, -0.2) is 60.2 Å². The van der Waals surface area contributed by atoms with Crippen LogP contribution in [-0.2, 0) is 4.43 Å². The Balaban J connectivity index is 6.89. The van der Waals surface area contributed by atoms with Crippen LogP contribution in [0.5, 0.6) is 0 Å². The maximum Gasteiger partial charge on any atom is 0.661 e. The van der Waals surface area contributed by atoms with E-state index in [1.54, 1.807) is 0 Å². The Morgan fingerprint density at radius 1 is 0.424 bits per heavy atom. The van der Waals surface area contributed by atoms with E-state index in [2.05, 4.69) is 39.2 Å². The first-order chi connectivity index (χ1) is 13.7. The van der Waals surface area contributed by atoms with Gasteiger partial charge >= 0.3 is 56.2 Å². The SMILES string of the molecule is FC(F)(F)C(F)(F)C(F)(F)C(F)(F)C(F)(F)C(F)(F)C(F)(F)C(F)(F)[Si](F)(F)OC(Cl)(Cl)Cl. The smallest absolute Gasteiger partial charge is 0.318 e. The molecule has 0 fully saturated rings. The van der Waals surface area contributed by atoms with Gasteiger partial charge in [0, 0.05) is 0 Å². The molecule has 0 aromatic carbocycles. The van der Waals surface area contributed by atoms with E-state index in [-0.39, 0.29) is 0 Å². The van der Waals surface area contributed by atoms with Gasteiger partial charge in [0.15, 0.2) is 0 Å². The summed E-state index contributed by atoms with van der Waals surface area (Å²) in [5.74, 6) is -52.6. The molecule has 0 spiro atoms. The lowest BCUT2D eigenvalue weighted by atomic mass is 9.91. The highest BCUT2D eigenvalue weighted by molar-refractivity contribution is 6.71. The fourth-order valence-electron chi connectivity index (χ4n) is 1.56. The van der Waals surface area contributed by atoms with Crippen molar-refractivity contribution in [2.75, 3.05) is 0 Å². The van der Waals surface area contributed by atoms with Gasteiger partial charge in [-0.3, -0.25) is 0 Å². The van der Waals surface area contributed by atoms with Gasteiger partial charge in [-0.25, -0.2) is 8.22 Å². The molecule has 1 nitrogen and oxygen atoms in total. The second-order valence-electron chi connectivity index (χ2n) is 5.58. The Morgan fingerprint density at radius 3 is 0.909 bits per heavy atom. The molecular weight excluding hydrogens is 620 g/mol. The van der Waals surface area contributed by atoms with Crippen LogP contribution in [0.25, 0.3) is 0 Å². The molecule has 0 saturated heterocycles. The molecule has 0 N–H and O–H groups in total. The topological polar surface area (TPSA) is 9.23 Å². The molecule has 0 rings (SSSR count). The minimum Gasteiger partial charge on any atom is -0.318 e. The lowest BCUT2D eigenvalue weighted by molar-refractivity contribution is -0.459. The molecule has 0 aromatic rings. The van der Waals surface area contributed by atoms with E-state index in [0.717, 1.165) is 0 Å². The van der Waals surface area contributed by atoms with E-state index in [0.29, 0.717) is 0 Å². The molecule has 0 aliphatic carbocycles. The van der Waals surface area contributed by atoms with Crippen molar-refractivity contribution in [2.45, 2.75) is 51.2 Å². The molecule has 33 heavy (non-hydrogen) atoms. The van der Waals surface area contributed by atoms with Gasteiger partial charge in [-0.1, -0.05) is 34.8 Å². The molecule has 24 heteroatoms. The van der Waals surface area contributed by atoms with Crippen LogP contribution < -0.4 is 0 Å². The minimum atomic E-state index is -9.11. The second-order valence-corrected chi connectivity index (χ2v) is 9.63. The fraction of sp³-hybridized carbons (Fsp3) is 1.00. The first-order valence-corrected chi connectivity index (χ1v) is 9.36. The third-order valence-electron chi connectivity index (χ3n) is 3.33. The molecule has 0 aliphatic heterocycles. The summed E-state index contributed by atoms with van der Waals surface area (Å²) in [4.78, 5) is 0. The van der Waals surface area contributed by atoms with Crippen LogP contribution in [0.15, 0.2) is 0 Å². The summed E-state index contributed by atoms with van der Waals surface area (Å²) in [5.41, 5.74) is -8.07. The standard InChI is InChI=1S/C9Cl3F19OSi/c10-9(11,12)32-33(30,31)8(28,29)6(23,24)4(19,20)2(15,16)1(13,14)3(17,18)5(21,22)7(25,26)27. The average Bonchev–Trinajstić information content (AvgIpc) is 2.49. The van der Waals surface area contributed by atoms with Gasteiger partial charge in [0.25, 0.3) is 3.98 Å². The van der Waals surface area contributed by atoms with E-state index in [1.165, 1.54) is 0 Å². The molecule has 0 aliphatic rings. The lowest BCUT2D eigenvalue weighted by Crippen LogP contribution is -2.76. The van der Waals surface area contributed by atoms with E-state index in [4.69, 9.17) is 0 Å². The monoisotopic (exact) mass is 618 g/mol. The van der Waals surface area contributed by atoms with Crippen LogP contribution in [0.3, 0.4) is 0 Å². The Kier molecular flexibility index (Phi) is 8.05. The van der Waals surface area contributed by atoms with Crippen LogP contribution in [0, 0.1) is 0 Å². The summed E-state index contributed by atoms with van der Waals surface area (Å²) in [6.45, 7) is 0. The summed E-state index contributed by atoms with van der Waals surface area (Å²) >= 11 is 13.0. The van der Waals surface area contributed by atoms with Gasteiger partial charge in [-0.2, -0.15) is 74.6 Å². The molecular formula is C9Cl3F19OSi. The molecule has 0 heterocycles. The Labute approximate surface area is 183 Å². The Morgan fingerprint density at radius 2 is 0.667 bits per heavy atom. The zero-order chi connectivity index (χ0) is 27.7. The van der Waals surface area contributed by atoms with Gasteiger partial charge in [-0.05, 0) is 0 Å². The highest BCUT2D eigenvalue weighted by Gasteiger charge is 2.97. The number of hydrogen-bond donors (Lipinski definition) is 0. The van der Waals surface area contributed by atoms with Gasteiger partial charge in [-0.15, -0.1) is 0 Å². The zero-order valence-electron chi connectivity index (χ0n) is 13.7. The largest absolute Gasteiger partial charge is 0.661 e. The normalized spacial score (nSPS) is 16.9. The summed E-state index contributed by atoms with van der Waals surface area (Å²) in [7, 11) is -9.11. The number of alkyl halides is 20. The minimum absolute atomic E-state index is 2.43. The van der Waals surface area contributed by atoms with Crippen molar-refractivity contribution in [3.8, 4) is 0 Å². The number of hydrogen-bond acceptors (Lipinski definition) is 1. The van der Waals surface area contributed by atoms with E-state index in [9.17, 15) is 82.9 Å². The lowest BCUT2D eigenvalue weighted by Gasteiger charge is -2.43. The average molecular weight is 620 g/mol.